The molecule has 1 aliphatic rings. The van der Waals surface area contributed by atoms with Crippen LogP contribution in [0.4, 0.5) is 0 Å². The van der Waals surface area contributed by atoms with Crippen LogP contribution < -0.4 is 0 Å². The standard InChI is InChI=1S/C11H15N.C6H6.C4H6.C3H6/c1-9-3-4-10-5-6-12(2)8-11(10)7-9;1-2-4-6-5-3-1;1-3-4-2;1-3-2/h3-4,7H,5-6,8H2,1-2H3;1-6H;3-4H,1-2H2;3H,1H2,2H3. The van der Waals surface area contributed by atoms with Crippen molar-refractivity contribution in [1.29, 1.82) is 0 Å². The molecule has 1 heterocycles. The average molecular weight is 336 g/mol. The number of aryl methyl sites for hydroxylation is 1. The number of fused-ring (bicyclic) bond motifs is 1. The molecular weight excluding hydrogens is 302 g/mol. The number of hydrogen-bond acceptors (Lipinski definition) is 1. The summed E-state index contributed by atoms with van der Waals surface area (Å²) in [5.41, 5.74) is 4.44. The first kappa shape index (κ1) is 22.6. The summed E-state index contributed by atoms with van der Waals surface area (Å²) in [4.78, 5) is 2.38. The molecule has 0 bridgehead atoms. The predicted octanol–water partition coefficient (Wildman–Crippen LogP) is 6.22. The van der Waals surface area contributed by atoms with E-state index >= 15 is 0 Å². The molecular formula is C24H33N. The van der Waals surface area contributed by atoms with E-state index in [0.717, 1.165) is 6.54 Å². The highest BCUT2D eigenvalue weighted by Crippen LogP contribution is 2.18. The Labute approximate surface area is 155 Å². The summed E-state index contributed by atoms with van der Waals surface area (Å²) in [7, 11) is 2.19. The van der Waals surface area contributed by atoms with Gasteiger partial charge in [-0.3, -0.25) is 0 Å². The highest BCUT2D eigenvalue weighted by atomic mass is 15.1. The van der Waals surface area contributed by atoms with Gasteiger partial charge in [0.15, 0.2) is 0 Å². The maximum atomic E-state index is 3.36. The van der Waals surface area contributed by atoms with Crippen LogP contribution in [0.5, 0.6) is 0 Å². The summed E-state index contributed by atoms with van der Waals surface area (Å²) in [5, 5.41) is 0. The van der Waals surface area contributed by atoms with Gasteiger partial charge in [0.2, 0.25) is 0 Å². The molecule has 2 aromatic carbocycles. The lowest BCUT2D eigenvalue weighted by Crippen LogP contribution is -2.26. The lowest BCUT2D eigenvalue weighted by molar-refractivity contribution is 0.313. The third kappa shape index (κ3) is 11.7. The second kappa shape index (κ2) is 15.2. The first-order valence-electron chi connectivity index (χ1n) is 8.66. The molecule has 0 amide bonds. The average Bonchev–Trinajstić information content (AvgIpc) is 2.64. The maximum absolute atomic E-state index is 3.36. The second-order valence-electron chi connectivity index (χ2n) is 5.79. The van der Waals surface area contributed by atoms with E-state index in [0.29, 0.717) is 0 Å². The first-order chi connectivity index (χ1) is 12.1. The molecule has 0 aliphatic carbocycles. The summed E-state index contributed by atoms with van der Waals surface area (Å²) in [6.45, 7) is 16.5. The van der Waals surface area contributed by atoms with Crippen molar-refractivity contribution in [3.63, 3.8) is 0 Å². The molecule has 134 valence electrons. The van der Waals surface area contributed by atoms with Crippen LogP contribution in [0.1, 0.15) is 23.6 Å². The van der Waals surface area contributed by atoms with Crippen molar-refractivity contribution in [3.05, 3.63) is 109 Å². The smallest absolute Gasteiger partial charge is 0.0233 e. The Morgan fingerprint density at radius 3 is 1.80 bits per heavy atom. The van der Waals surface area contributed by atoms with Crippen LogP contribution in [0.2, 0.25) is 0 Å². The van der Waals surface area contributed by atoms with Crippen LogP contribution in [0.3, 0.4) is 0 Å². The molecule has 1 heteroatoms. The number of allylic oxidation sites excluding steroid dienone is 3. The zero-order valence-corrected chi connectivity index (χ0v) is 16.1. The quantitative estimate of drug-likeness (QED) is 0.441. The van der Waals surface area contributed by atoms with Crippen molar-refractivity contribution >= 4 is 0 Å². The monoisotopic (exact) mass is 335 g/mol. The van der Waals surface area contributed by atoms with Gasteiger partial charge in [0.25, 0.3) is 0 Å². The predicted molar refractivity (Wildman–Crippen MR) is 114 cm³/mol. The molecule has 0 spiro atoms. The van der Waals surface area contributed by atoms with Crippen LogP contribution in [-0.4, -0.2) is 18.5 Å². The Balaban J connectivity index is 0.000000372. The first-order valence-corrected chi connectivity index (χ1v) is 8.66. The minimum absolute atomic E-state index is 1.12. The van der Waals surface area contributed by atoms with Gasteiger partial charge in [0.1, 0.15) is 0 Å². The lowest BCUT2D eigenvalue weighted by atomic mass is 9.98. The number of rotatable bonds is 1. The van der Waals surface area contributed by atoms with E-state index in [9.17, 15) is 0 Å². The Morgan fingerprint density at radius 1 is 0.880 bits per heavy atom. The zero-order valence-electron chi connectivity index (χ0n) is 16.1. The third-order valence-corrected chi connectivity index (χ3v) is 3.40. The van der Waals surface area contributed by atoms with Crippen molar-refractivity contribution in [2.45, 2.75) is 26.8 Å². The van der Waals surface area contributed by atoms with Crippen LogP contribution in [0.15, 0.2) is 92.6 Å². The number of benzene rings is 2. The van der Waals surface area contributed by atoms with Crippen LogP contribution in [0, 0.1) is 6.92 Å². The molecule has 3 rings (SSSR count). The molecule has 0 saturated heterocycles. The van der Waals surface area contributed by atoms with Crippen molar-refractivity contribution in [1.82, 2.24) is 4.90 Å². The van der Waals surface area contributed by atoms with Gasteiger partial charge in [0.05, 0.1) is 0 Å². The van der Waals surface area contributed by atoms with E-state index in [2.05, 4.69) is 56.8 Å². The van der Waals surface area contributed by atoms with Gasteiger partial charge < -0.3 is 4.90 Å². The Bertz CT molecular complexity index is 566. The normalized spacial score (nSPS) is 11.6. The Hall–Kier alpha value is -2.38. The number of nitrogens with zero attached hydrogens (tertiary/aromatic N) is 1. The fourth-order valence-corrected chi connectivity index (χ4v) is 2.21. The molecule has 1 aliphatic heterocycles. The highest BCUT2D eigenvalue weighted by Gasteiger charge is 2.11. The Morgan fingerprint density at radius 2 is 1.36 bits per heavy atom. The number of hydrogen-bond donors (Lipinski definition) is 0. The van der Waals surface area contributed by atoms with Crippen molar-refractivity contribution in [3.8, 4) is 0 Å². The Kier molecular flexibility index (Phi) is 13.7. The summed E-state index contributed by atoms with van der Waals surface area (Å²) < 4.78 is 0. The van der Waals surface area contributed by atoms with Gasteiger partial charge >= 0.3 is 0 Å². The van der Waals surface area contributed by atoms with E-state index < -0.39 is 0 Å². The molecule has 1 nitrogen and oxygen atoms in total. The molecule has 0 N–H and O–H groups in total. The zero-order chi connectivity index (χ0) is 18.9. The maximum Gasteiger partial charge on any atom is 0.0233 e. The third-order valence-electron chi connectivity index (χ3n) is 3.40. The fraction of sp³-hybridized carbons (Fsp3) is 0.250. The van der Waals surface area contributed by atoms with Gasteiger partial charge in [-0.25, -0.2) is 0 Å². The summed E-state index contributed by atoms with van der Waals surface area (Å²) in [5.74, 6) is 0. The van der Waals surface area contributed by atoms with Gasteiger partial charge in [-0.2, -0.15) is 0 Å². The molecule has 25 heavy (non-hydrogen) atoms. The van der Waals surface area contributed by atoms with E-state index in [-0.39, 0.29) is 0 Å². The SMILES string of the molecule is C=CC.C=CC=C.Cc1ccc2c(c1)CN(C)CC2.c1ccccc1. The molecule has 0 fully saturated rings. The molecule has 0 saturated carbocycles. The molecule has 0 aromatic heterocycles. The van der Waals surface area contributed by atoms with Crippen molar-refractivity contribution in [2.75, 3.05) is 13.6 Å². The summed E-state index contributed by atoms with van der Waals surface area (Å²) in [6, 6.07) is 18.8. The topological polar surface area (TPSA) is 3.24 Å². The second-order valence-corrected chi connectivity index (χ2v) is 5.79. The summed E-state index contributed by atoms with van der Waals surface area (Å²) in [6.07, 6.45) is 6.24. The van der Waals surface area contributed by atoms with Crippen LogP contribution in [0.25, 0.3) is 0 Å². The largest absolute Gasteiger partial charge is 0.302 e. The van der Waals surface area contributed by atoms with Gasteiger partial charge in [-0.15, -0.1) is 6.58 Å². The van der Waals surface area contributed by atoms with Gasteiger partial charge in [0, 0.05) is 13.1 Å². The highest BCUT2D eigenvalue weighted by molar-refractivity contribution is 5.33. The van der Waals surface area contributed by atoms with Crippen LogP contribution in [-0.2, 0) is 13.0 Å². The van der Waals surface area contributed by atoms with E-state index in [1.165, 1.54) is 24.1 Å². The minimum atomic E-state index is 1.12. The molecule has 0 unspecified atom stereocenters. The van der Waals surface area contributed by atoms with E-state index in [1.54, 1.807) is 23.8 Å². The van der Waals surface area contributed by atoms with Crippen molar-refractivity contribution < 1.29 is 0 Å². The summed E-state index contributed by atoms with van der Waals surface area (Å²) >= 11 is 0. The fourth-order valence-electron chi connectivity index (χ4n) is 2.21. The van der Waals surface area contributed by atoms with Crippen molar-refractivity contribution in [2.24, 2.45) is 0 Å². The van der Waals surface area contributed by atoms with E-state index in [1.807, 2.05) is 43.3 Å². The minimum Gasteiger partial charge on any atom is -0.302 e. The molecule has 0 atom stereocenters. The van der Waals surface area contributed by atoms with Gasteiger partial charge in [-0.05, 0) is 38.4 Å². The van der Waals surface area contributed by atoms with E-state index in [4.69, 9.17) is 0 Å². The van der Waals surface area contributed by atoms with Gasteiger partial charge in [-0.1, -0.05) is 91.5 Å². The molecule has 2 aromatic rings. The lowest BCUT2D eigenvalue weighted by Gasteiger charge is -2.25. The number of likely N-dealkylation sites (N-methyl/N-ethyl adjacent to an activating group) is 1. The van der Waals surface area contributed by atoms with Crippen LogP contribution >= 0.6 is 0 Å². The molecule has 0 radical (unpaired) electrons.